The number of ether oxygens (including phenoxy) is 1. The predicted molar refractivity (Wildman–Crippen MR) is 83.8 cm³/mol. The van der Waals surface area contributed by atoms with E-state index >= 15 is 0 Å². The molecule has 1 N–H and O–H groups in total. The molecule has 0 bridgehead atoms. The molecule has 1 aliphatic heterocycles. The van der Waals surface area contributed by atoms with E-state index in [9.17, 15) is 9.18 Å². The van der Waals surface area contributed by atoms with E-state index in [-0.39, 0.29) is 17.7 Å². The van der Waals surface area contributed by atoms with Crippen molar-refractivity contribution in [3.63, 3.8) is 0 Å². The van der Waals surface area contributed by atoms with Crippen molar-refractivity contribution in [2.45, 2.75) is 25.4 Å². The molecule has 1 saturated heterocycles. The summed E-state index contributed by atoms with van der Waals surface area (Å²) in [4.78, 5) is 16.0. The van der Waals surface area contributed by atoms with E-state index in [0.717, 1.165) is 19.4 Å². The van der Waals surface area contributed by atoms with Gasteiger partial charge in [-0.1, -0.05) is 0 Å². The second-order valence-corrected chi connectivity index (χ2v) is 5.66. The number of halogens is 1. The number of carbonyl (C=O) groups is 1. The van der Waals surface area contributed by atoms with Crippen molar-refractivity contribution in [3.8, 4) is 5.75 Å². The molecule has 2 aromatic rings. The lowest BCUT2D eigenvalue weighted by molar-refractivity contribution is -0.120. The van der Waals surface area contributed by atoms with Gasteiger partial charge in [-0.2, -0.15) is 4.80 Å². The van der Waals surface area contributed by atoms with Crippen molar-refractivity contribution in [2.75, 3.05) is 19.0 Å². The van der Waals surface area contributed by atoms with Gasteiger partial charge < -0.3 is 10.1 Å². The zero-order valence-corrected chi connectivity index (χ0v) is 13.6. The maximum atomic E-state index is 13.4. The Hall–Kier alpha value is -2.55. The molecule has 2 heterocycles. The van der Waals surface area contributed by atoms with Gasteiger partial charge in [0.2, 0.25) is 5.91 Å². The molecule has 0 unspecified atom stereocenters. The number of likely N-dealkylation sites (tertiary alicyclic amines) is 1. The fourth-order valence-electron chi connectivity index (χ4n) is 2.84. The van der Waals surface area contributed by atoms with Crippen LogP contribution in [0.25, 0.3) is 0 Å². The van der Waals surface area contributed by atoms with Crippen LogP contribution in [0.5, 0.6) is 5.75 Å². The number of anilines is 1. The van der Waals surface area contributed by atoms with Gasteiger partial charge in [-0.3, -0.25) is 9.69 Å². The Kier molecular flexibility index (Phi) is 4.70. The van der Waals surface area contributed by atoms with Gasteiger partial charge in [0.1, 0.15) is 0 Å². The van der Waals surface area contributed by atoms with Gasteiger partial charge >= 0.3 is 0 Å². The molecule has 0 radical (unpaired) electrons. The highest BCUT2D eigenvalue weighted by Gasteiger charge is 2.31. The molecule has 0 saturated carbocycles. The second kappa shape index (κ2) is 6.91. The SMILES string of the molecule is COc1cc(NC(=O)[C@H]2CCCN2Cc2nnn(C)n2)ccc1F. The molecule has 1 fully saturated rings. The third kappa shape index (κ3) is 3.51. The predicted octanol–water partition coefficient (Wildman–Crippen LogP) is 0.961. The van der Waals surface area contributed by atoms with Gasteiger partial charge in [-0.15, -0.1) is 10.2 Å². The van der Waals surface area contributed by atoms with E-state index in [1.54, 1.807) is 7.05 Å². The summed E-state index contributed by atoms with van der Waals surface area (Å²) in [5.74, 6) is 0.0808. The number of amides is 1. The van der Waals surface area contributed by atoms with Crippen LogP contribution in [0.15, 0.2) is 18.2 Å². The van der Waals surface area contributed by atoms with Gasteiger partial charge in [0.05, 0.1) is 26.7 Å². The number of nitrogens with one attached hydrogen (secondary N) is 1. The monoisotopic (exact) mass is 334 g/mol. The van der Waals surface area contributed by atoms with Crippen LogP contribution in [0.1, 0.15) is 18.7 Å². The average Bonchev–Trinajstić information content (AvgIpc) is 3.18. The van der Waals surface area contributed by atoms with Gasteiger partial charge in [-0.05, 0) is 36.7 Å². The van der Waals surface area contributed by atoms with Crippen molar-refractivity contribution in [1.82, 2.24) is 25.1 Å². The van der Waals surface area contributed by atoms with Crippen LogP contribution in [-0.2, 0) is 18.4 Å². The first-order valence-corrected chi connectivity index (χ1v) is 7.68. The van der Waals surface area contributed by atoms with Crippen LogP contribution in [0.4, 0.5) is 10.1 Å². The summed E-state index contributed by atoms with van der Waals surface area (Å²) in [6, 6.07) is 3.98. The molecule has 1 amide bonds. The first-order valence-electron chi connectivity index (χ1n) is 7.68. The van der Waals surface area contributed by atoms with Gasteiger partial charge in [-0.25, -0.2) is 4.39 Å². The number of rotatable bonds is 5. The summed E-state index contributed by atoms with van der Waals surface area (Å²) in [5.41, 5.74) is 0.503. The fraction of sp³-hybridized carbons (Fsp3) is 0.467. The molecule has 128 valence electrons. The number of aryl methyl sites for hydroxylation is 1. The molecular weight excluding hydrogens is 315 g/mol. The lowest BCUT2D eigenvalue weighted by Gasteiger charge is -2.22. The maximum Gasteiger partial charge on any atom is 0.241 e. The van der Waals surface area contributed by atoms with E-state index in [1.807, 2.05) is 4.90 Å². The Bertz CT molecular complexity index is 735. The topological polar surface area (TPSA) is 85.2 Å². The molecule has 1 atom stereocenters. The number of nitrogens with zero attached hydrogens (tertiary/aromatic N) is 5. The minimum absolute atomic E-state index is 0.0971. The number of benzene rings is 1. The Morgan fingerprint density at radius 2 is 2.33 bits per heavy atom. The first-order chi connectivity index (χ1) is 11.6. The van der Waals surface area contributed by atoms with E-state index in [0.29, 0.717) is 18.1 Å². The quantitative estimate of drug-likeness (QED) is 0.877. The normalized spacial score (nSPS) is 17.9. The van der Waals surface area contributed by atoms with Gasteiger partial charge in [0.25, 0.3) is 0 Å². The molecule has 1 aliphatic rings. The zero-order valence-electron chi connectivity index (χ0n) is 13.6. The Labute approximate surface area is 138 Å². The molecule has 1 aromatic heterocycles. The Morgan fingerprint density at radius 1 is 1.50 bits per heavy atom. The van der Waals surface area contributed by atoms with E-state index < -0.39 is 5.82 Å². The second-order valence-electron chi connectivity index (χ2n) is 5.66. The minimum atomic E-state index is -0.466. The largest absolute Gasteiger partial charge is 0.494 e. The molecule has 8 nitrogen and oxygen atoms in total. The van der Waals surface area contributed by atoms with Crippen molar-refractivity contribution < 1.29 is 13.9 Å². The third-order valence-electron chi connectivity index (χ3n) is 3.98. The molecule has 9 heteroatoms. The standard InChI is InChI=1S/C15H19FN6O2/c1-21-19-14(18-20-21)9-22-7-3-4-12(22)15(23)17-10-5-6-11(16)13(8-10)24-2/h5-6,8,12H,3-4,7,9H2,1-2H3,(H,17,23)/t12-/m1/s1. The maximum absolute atomic E-state index is 13.4. The summed E-state index contributed by atoms with van der Waals surface area (Å²) in [6.07, 6.45) is 1.68. The number of tetrazole rings is 1. The highest BCUT2D eigenvalue weighted by molar-refractivity contribution is 5.95. The zero-order chi connectivity index (χ0) is 17.1. The summed E-state index contributed by atoms with van der Waals surface area (Å²) in [6.45, 7) is 1.27. The number of aromatic nitrogens is 4. The minimum Gasteiger partial charge on any atom is -0.494 e. The average molecular weight is 334 g/mol. The van der Waals surface area contributed by atoms with Crippen LogP contribution in [-0.4, -0.2) is 50.7 Å². The highest BCUT2D eigenvalue weighted by atomic mass is 19.1. The van der Waals surface area contributed by atoms with Crippen LogP contribution >= 0.6 is 0 Å². The molecule has 3 rings (SSSR count). The molecule has 24 heavy (non-hydrogen) atoms. The lowest BCUT2D eigenvalue weighted by Crippen LogP contribution is -2.39. The Morgan fingerprint density at radius 3 is 3.04 bits per heavy atom. The number of carbonyl (C=O) groups excluding carboxylic acids is 1. The van der Waals surface area contributed by atoms with E-state index in [1.165, 1.54) is 30.1 Å². The molecule has 1 aromatic carbocycles. The summed E-state index contributed by atoms with van der Waals surface area (Å²) in [7, 11) is 3.09. The van der Waals surface area contributed by atoms with Crippen molar-refractivity contribution in [1.29, 1.82) is 0 Å². The van der Waals surface area contributed by atoms with Gasteiger partial charge in [0.15, 0.2) is 17.4 Å². The summed E-state index contributed by atoms with van der Waals surface area (Å²) < 4.78 is 18.4. The molecular formula is C15H19FN6O2. The number of methoxy groups -OCH3 is 1. The molecule has 0 spiro atoms. The van der Waals surface area contributed by atoms with Crippen LogP contribution in [0.3, 0.4) is 0 Å². The first kappa shape index (κ1) is 16.3. The summed E-state index contributed by atoms with van der Waals surface area (Å²) in [5, 5.41) is 14.7. The third-order valence-corrected chi connectivity index (χ3v) is 3.98. The van der Waals surface area contributed by atoms with Crippen molar-refractivity contribution in [3.05, 3.63) is 29.8 Å². The number of hydrogen-bond acceptors (Lipinski definition) is 6. The lowest BCUT2D eigenvalue weighted by atomic mass is 10.2. The molecule has 0 aliphatic carbocycles. The van der Waals surface area contributed by atoms with E-state index in [2.05, 4.69) is 20.7 Å². The smallest absolute Gasteiger partial charge is 0.241 e. The fourth-order valence-corrected chi connectivity index (χ4v) is 2.84. The van der Waals surface area contributed by atoms with E-state index in [4.69, 9.17) is 4.74 Å². The Balaban J connectivity index is 1.67. The summed E-state index contributed by atoms with van der Waals surface area (Å²) >= 11 is 0. The number of hydrogen-bond donors (Lipinski definition) is 1. The van der Waals surface area contributed by atoms with Crippen molar-refractivity contribution >= 4 is 11.6 Å². The highest BCUT2D eigenvalue weighted by Crippen LogP contribution is 2.24. The van der Waals surface area contributed by atoms with Gasteiger partial charge in [0, 0.05) is 11.8 Å². The van der Waals surface area contributed by atoms with Crippen LogP contribution in [0, 0.1) is 5.82 Å². The van der Waals surface area contributed by atoms with Crippen LogP contribution < -0.4 is 10.1 Å². The van der Waals surface area contributed by atoms with Crippen LogP contribution in [0.2, 0.25) is 0 Å². The van der Waals surface area contributed by atoms with Crippen molar-refractivity contribution in [2.24, 2.45) is 7.05 Å².